The number of rotatable bonds is 5. The predicted octanol–water partition coefficient (Wildman–Crippen LogP) is 15.0. The number of hydrogen-bond acceptors (Lipinski definition) is 4. The normalized spacial score (nSPS) is 13.0. The second-order valence-electron chi connectivity index (χ2n) is 17.2. The first-order valence-electron chi connectivity index (χ1n) is 21.5. The van der Waals surface area contributed by atoms with Crippen LogP contribution in [0.3, 0.4) is 0 Å². The molecule has 0 saturated heterocycles. The molecule has 296 valence electrons. The van der Waals surface area contributed by atoms with E-state index in [-0.39, 0.29) is 5.41 Å². The third-order valence-corrected chi connectivity index (χ3v) is 13.2. The smallest absolute Gasteiger partial charge is 0.238 e. The second-order valence-corrected chi connectivity index (χ2v) is 17.2. The monoisotopic (exact) mass is 806 g/mol. The van der Waals surface area contributed by atoms with Gasteiger partial charge in [-0.15, -0.1) is 0 Å². The molecule has 0 radical (unpaired) electrons. The second kappa shape index (κ2) is 13.4. The first kappa shape index (κ1) is 35.6. The van der Waals surface area contributed by atoms with E-state index >= 15 is 0 Å². The minimum absolute atomic E-state index is 0.0879. The van der Waals surface area contributed by atoms with Crippen molar-refractivity contribution in [1.82, 2.24) is 19.5 Å². The SMILES string of the molecule is CC1(C)c2ccccc2-c2c(-c3cccc(-c4cccc5c6cc7ccccc7cc6n(-c6nc(-c7ccccc7)nc(-c7ccc8c(c7)oc7ccccc78)n6)c45)c3)cccc21. The van der Waals surface area contributed by atoms with Crippen molar-refractivity contribution in [2.75, 3.05) is 0 Å². The van der Waals surface area contributed by atoms with Gasteiger partial charge in [-0.2, -0.15) is 9.97 Å². The van der Waals surface area contributed by atoms with E-state index in [9.17, 15) is 0 Å². The van der Waals surface area contributed by atoms with E-state index in [0.717, 1.165) is 71.4 Å². The van der Waals surface area contributed by atoms with Crippen LogP contribution in [0.5, 0.6) is 0 Å². The summed E-state index contributed by atoms with van der Waals surface area (Å²) in [5.41, 5.74) is 15.4. The van der Waals surface area contributed by atoms with Gasteiger partial charge in [0.1, 0.15) is 11.2 Å². The minimum Gasteiger partial charge on any atom is -0.456 e. The molecule has 5 heteroatoms. The summed E-state index contributed by atoms with van der Waals surface area (Å²) in [5, 5.41) is 6.72. The first-order valence-corrected chi connectivity index (χ1v) is 21.5. The molecule has 5 nitrogen and oxygen atoms in total. The largest absolute Gasteiger partial charge is 0.456 e. The van der Waals surface area contributed by atoms with Crippen LogP contribution in [-0.2, 0) is 5.41 Å². The number of furan rings is 1. The Hall–Kier alpha value is -8.15. The summed E-state index contributed by atoms with van der Waals surface area (Å²) in [5.74, 6) is 1.71. The Morgan fingerprint density at radius 1 is 0.413 bits per heavy atom. The molecular formula is C58H38N4O. The van der Waals surface area contributed by atoms with Gasteiger partial charge in [-0.25, -0.2) is 4.98 Å². The Kier molecular flexibility index (Phi) is 7.58. The minimum atomic E-state index is -0.0879. The van der Waals surface area contributed by atoms with Crippen molar-refractivity contribution in [1.29, 1.82) is 0 Å². The molecule has 9 aromatic carbocycles. The van der Waals surface area contributed by atoms with Crippen molar-refractivity contribution >= 4 is 54.5 Å². The van der Waals surface area contributed by atoms with Crippen LogP contribution in [0, 0.1) is 0 Å². The molecule has 0 amide bonds. The molecule has 0 bridgehead atoms. The van der Waals surface area contributed by atoms with Crippen LogP contribution < -0.4 is 0 Å². The fourth-order valence-electron chi connectivity index (χ4n) is 10.2. The van der Waals surface area contributed by atoms with Crippen LogP contribution in [-0.4, -0.2) is 19.5 Å². The molecule has 0 unspecified atom stereocenters. The maximum atomic E-state index is 6.37. The van der Waals surface area contributed by atoms with Gasteiger partial charge in [0, 0.05) is 43.7 Å². The van der Waals surface area contributed by atoms with Gasteiger partial charge in [-0.05, 0) is 86.1 Å². The molecule has 0 N–H and O–H groups in total. The van der Waals surface area contributed by atoms with Crippen LogP contribution in [0.2, 0.25) is 0 Å². The molecule has 0 atom stereocenters. The lowest BCUT2D eigenvalue weighted by Crippen LogP contribution is -2.14. The van der Waals surface area contributed by atoms with Crippen molar-refractivity contribution in [2.24, 2.45) is 0 Å². The average Bonchev–Trinajstić information content (AvgIpc) is 3.95. The summed E-state index contributed by atoms with van der Waals surface area (Å²) in [6.07, 6.45) is 0. The zero-order valence-electron chi connectivity index (χ0n) is 34.7. The number of aromatic nitrogens is 4. The zero-order valence-corrected chi connectivity index (χ0v) is 34.7. The van der Waals surface area contributed by atoms with Crippen molar-refractivity contribution in [3.05, 3.63) is 205 Å². The van der Waals surface area contributed by atoms with E-state index in [1.807, 2.05) is 36.4 Å². The third kappa shape index (κ3) is 5.39. The summed E-state index contributed by atoms with van der Waals surface area (Å²) < 4.78 is 8.63. The number of nitrogens with zero attached hydrogens (tertiary/aromatic N) is 4. The van der Waals surface area contributed by atoms with Gasteiger partial charge in [0.2, 0.25) is 5.95 Å². The Bertz CT molecular complexity index is 3840. The van der Waals surface area contributed by atoms with Gasteiger partial charge >= 0.3 is 0 Å². The molecule has 1 aliphatic carbocycles. The Balaban J connectivity index is 1.07. The Labute approximate surface area is 363 Å². The topological polar surface area (TPSA) is 56.7 Å². The highest BCUT2D eigenvalue weighted by atomic mass is 16.3. The molecule has 3 heterocycles. The molecule has 0 spiro atoms. The zero-order chi connectivity index (χ0) is 41.8. The Morgan fingerprint density at radius 3 is 1.90 bits per heavy atom. The van der Waals surface area contributed by atoms with Crippen molar-refractivity contribution in [3.63, 3.8) is 0 Å². The molecule has 0 saturated carbocycles. The third-order valence-electron chi connectivity index (χ3n) is 13.2. The molecule has 0 aliphatic heterocycles. The van der Waals surface area contributed by atoms with Crippen molar-refractivity contribution in [3.8, 4) is 62.1 Å². The highest BCUT2D eigenvalue weighted by Gasteiger charge is 2.36. The van der Waals surface area contributed by atoms with Gasteiger partial charge in [0.15, 0.2) is 11.6 Å². The van der Waals surface area contributed by atoms with Gasteiger partial charge in [-0.1, -0.05) is 172 Å². The molecule has 63 heavy (non-hydrogen) atoms. The standard InChI is InChI=1S/C58H38N4O/c1-58(2)48-26-10-8-22-46(48)53-41(23-14-27-49(53)58)38-19-12-20-39(31-38)42-24-13-25-45-47-32-36-17-6-7-18-37(36)33-50(47)62(54(42)45)57-60-55(35-15-4-3-5-16-35)59-56(61-57)40-29-30-44-43-21-9-11-28-51(43)63-52(44)34-40/h3-34H,1-2H3. The molecule has 0 fully saturated rings. The van der Waals surface area contributed by atoms with Gasteiger partial charge in [0.05, 0.1) is 11.0 Å². The van der Waals surface area contributed by atoms with E-state index in [4.69, 9.17) is 19.4 Å². The summed E-state index contributed by atoms with van der Waals surface area (Å²) in [4.78, 5) is 15.9. The fourth-order valence-corrected chi connectivity index (χ4v) is 10.2. The van der Waals surface area contributed by atoms with E-state index in [0.29, 0.717) is 17.6 Å². The maximum absolute atomic E-state index is 6.37. The number of hydrogen-bond donors (Lipinski definition) is 0. The molecule has 1 aliphatic rings. The van der Waals surface area contributed by atoms with Crippen LogP contribution in [0.4, 0.5) is 0 Å². The van der Waals surface area contributed by atoms with Gasteiger partial charge < -0.3 is 4.42 Å². The number of para-hydroxylation sites is 2. The van der Waals surface area contributed by atoms with E-state index in [2.05, 4.69) is 176 Å². The molecule has 12 aromatic rings. The summed E-state index contributed by atoms with van der Waals surface area (Å²) in [6.45, 7) is 4.68. The number of benzene rings is 9. The quantitative estimate of drug-likeness (QED) is 0.174. The highest BCUT2D eigenvalue weighted by Crippen LogP contribution is 2.52. The fraction of sp³-hybridized carbons (Fsp3) is 0.0517. The molecule has 13 rings (SSSR count). The lowest BCUT2D eigenvalue weighted by atomic mass is 9.82. The van der Waals surface area contributed by atoms with Crippen LogP contribution in [0.1, 0.15) is 25.0 Å². The molecular weight excluding hydrogens is 769 g/mol. The lowest BCUT2D eigenvalue weighted by Gasteiger charge is -2.21. The van der Waals surface area contributed by atoms with Gasteiger partial charge in [-0.3, -0.25) is 4.57 Å². The van der Waals surface area contributed by atoms with E-state index < -0.39 is 0 Å². The average molecular weight is 807 g/mol. The lowest BCUT2D eigenvalue weighted by molar-refractivity contribution is 0.660. The maximum Gasteiger partial charge on any atom is 0.238 e. The van der Waals surface area contributed by atoms with E-state index in [1.165, 1.54) is 38.8 Å². The predicted molar refractivity (Wildman–Crippen MR) is 258 cm³/mol. The first-order chi connectivity index (χ1) is 31.0. The van der Waals surface area contributed by atoms with E-state index in [1.54, 1.807) is 0 Å². The summed E-state index contributed by atoms with van der Waals surface area (Å²) in [7, 11) is 0. The summed E-state index contributed by atoms with van der Waals surface area (Å²) >= 11 is 0. The van der Waals surface area contributed by atoms with Crippen LogP contribution in [0.25, 0.3) is 117 Å². The van der Waals surface area contributed by atoms with Crippen molar-refractivity contribution in [2.45, 2.75) is 19.3 Å². The van der Waals surface area contributed by atoms with Crippen LogP contribution in [0.15, 0.2) is 199 Å². The van der Waals surface area contributed by atoms with Crippen molar-refractivity contribution < 1.29 is 4.42 Å². The van der Waals surface area contributed by atoms with Crippen LogP contribution >= 0.6 is 0 Å². The van der Waals surface area contributed by atoms with Gasteiger partial charge in [0.25, 0.3) is 0 Å². The molecule has 3 aromatic heterocycles. The Morgan fingerprint density at radius 2 is 1.03 bits per heavy atom. The summed E-state index contributed by atoms with van der Waals surface area (Å²) in [6, 6.07) is 69.1. The number of fused-ring (bicyclic) bond motifs is 10. The highest BCUT2D eigenvalue weighted by molar-refractivity contribution is 6.17.